The molecule has 0 saturated carbocycles. The Morgan fingerprint density at radius 2 is 2.17 bits per heavy atom. The van der Waals surface area contributed by atoms with Crippen LogP contribution in [-0.4, -0.2) is 23.4 Å². The zero-order valence-electron chi connectivity index (χ0n) is 10.8. The number of fused-ring (bicyclic) bond motifs is 1. The Balaban J connectivity index is 2.09. The number of aromatic amines is 1. The minimum absolute atomic E-state index is 0.00435. The lowest BCUT2D eigenvalue weighted by atomic mass is 9.98. The van der Waals surface area contributed by atoms with Crippen molar-refractivity contribution < 1.29 is 4.79 Å². The Kier molecular flexibility index (Phi) is 2.71. The number of Topliss-reactive ketones (excluding diaryl/α,β-unsaturated/α-hetero) is 1. The summed E-state index contributed by atoms with van der Waals surface area (Å²) in [5.74, 6) is 0.228. The molecule has 1 atom stereocenters. The molecule has 94 valence electrons. The van der Waals surface area contributed by atoms with Gasteiger partial charge in [0.15, 0.2) is 5.78 Å². The van der Waals surface area contributed by atoms with Crippen LogP contribution in [0.15, 0.2) is 18.3 Å². The molecule has 2 N–H and O–H groups in total. The molecule has 1 aromatic heterocycles. The molecule has 1 saturated heterocycles. The number of hydrogen-bond acceptors (Lipinski definition) is 2. The third-order valence-electron chi connectivity index (χ3n) is 3.76. The first kappa shape index (κ1) is 11.5. The van der Waals surface area contributed by atoms with Crippen LogP contribution >= 0.6 is 0 Å². The Bertz CT molecular complexity index is 606. The molecule has 0 aliphatic carbocycles. The van der Waals surface area contributed by atoms with Crippen LogP contribution in [0.4, 0.5) is 0 Å². The molecule has 0 spiro atoms. The lowest BCUT2D eigenvalue weighted by Gasteiger charge is -2.09. The second-order valence-electron chi connectivity index (χ2n) is 5.22. The standard InChI is InChI=1S/C15H18N2O/c1-9-6-10(2)14-11(8-17-13(14)7-9)15(18)12-4-3-5-16-12/h6-8,12,16-17H,3-5H2,1-2H3. The van der Waals surface area contributed by atoms with E-state index >= 15 is 0 Å². The predicted octanol–water partition coefficient (Wildman–Crippen LogP) is 2.72. The minimum Gasteiger partial charge on any atom is -0.360 e. The number of aromatic nitrogens is 1. The highest BCUT2D eigenvalue weighted by molar-refractivity contribution is 6.11. The van der Waals surface area contributed by atoms with Crippen molar-refractivity contribution in [1.29, 1.82) is 0 Å². The van der Waals surface area contributed by atoms with Crippen LogP contribution in [0.1, 0.15) is 34.3 Å². The molecule has 3 rings (SSSR count). The molecule has 1 unspecified atom stereocenters. The topological polar surface area (TPSA) is 44.9 Å². The Morgan fingerprint density at radius 1 is 1.33 bits per heavy atom. The number of aryl methyl sites for hydroxylation is 2. The van der Waals surface area contributed by atoms with Crippen molar-refractivity contribution in [2.45, 2.75) is 32.7 Å². The Labute approximate surface area is 107 Å². The van der Waals surface area contributed by atoms with E-state index < -0.39 is 0 Å². The van der Waals surface area contributed by atoms with Crippen LogP contribution in [-0.2, 0) is 0 Å². The number of carbonyl (C=O) groups is 1. The largest absolute Gasteiger partial charge is 0.360 e. The highest BCUT2D eigenvalue weighted by Crippen LogP contribution is 2.26. The first-order chi connectivity index (χ1) is 8.66. The van der Waals surface area contributed by atoms with Crippen molar-refractivity contribution in [2.75, 3.05) is 6.54 Å². The summed E-state index contributed by atoms with van der Waals surface area (Å²) in [5.41, 5.74) is 4.29. The molecule has 3 heteroatoms. The zero-order valence-corrected chi connectivity index (χ0v) is 10.8. The second-order valence-corrected chi connectivity index (χ2v) is 5.22. The average Bonchev–Trinajstić information content (AvgIpc) is 2.96. The van der Waals surface area contributed by atoms with Gasteiger partial charge in [-0.15, -0.1) is 0 Å². The molecule has 0 bridgehead atoms. The van der Waals surface area contributed by atoms with Crippen molar-refractivity contribution in [3.8, 4) is 0 Å². The van der Waals surface area contributed by atoms with Crippen molar-refractivity contribution in [3.63, 3.8) is 0 Å². The van der Waals surface area contributed by atoms with Gasteiger partial charge in [0, 0.05) is 22.7 Å². The van der Waals surface area contributed by atoms with E-state index in [0.29, 0.717) is 0 Å². The van der Waals surface area contributed by atoms with Crippen molar-refractivity contribution in [3.05, 3.63) is 35.0 Å². The first-order valence-corrected chi connectivity index (χ1v) is 6.53. The van der Waals surface area contributed by atoms with Crippen LogP contribution in [0.5, 0.6) is 0 Å². The van der Waals surface area contributed by atoms with Crippen LogP contribution in [0, 0.1) is 13.8 Å². The monoisotopic (exact) mass is 242 g/mol. The van der Waals surface area contributed by atoms with Gasteiger partial charge in [-0.05, 0) is 50.4 Å². The van der Waals surface area contributed by atoms with Gasteiger partial charge in [-0.2, -0.15) is 0 Å². The number of rotatable bonds is 2. The first-order valence-electron chi connectivity index (χ1n) is 6.53. The maximum Gasteiger partial charge on any atom is 0.181 e. The summed E-state index contributed by atoms with van der Waals surface area (Å²) in [6.45, 7) is 5.10. The molecule has 1 aliphatic rings. The molecule has 0 amide bonds. The lowest BCUT2D eigenvalue weighted by Crippen LogP contribution is -2.30. The van der Waals surface area contributed by atoms with E-state index in [1.54, 1.807) is 0 Å². The predicted molar refractivity (Wildman–Crippen MR) is 73.1 cm³/mol. The Hall–Kier alpha value is -1.61. The van der Waals surface area contributed by atoms with Gasteiger partial charge in [0.05, 0.1) is 6.04 Å². The van der Waals surface area contributed by atoms with Gasteiger partial charge in [0.1, 0.15) is 0 Å². The zero-order chi connectivity index (χ0) is 12.7. The maximum atomic E-state index is 12.5. The third-order valence-corrected chi connectivity index (χ3v) is 3.76. The third kappa shape index (κ3) is 1.75. The van der Waals surface area contributed by atoms with Crippen LogP contribution in [0.3, 0.4) is 0 Å². The highest BCUT2D eigenvalue weighted by atomic mass is 16.1. The number of carbonyl (C=O) groups excluding carboxylic acids is 1. The summed E-state index contributed by atoms with van der Waals surface area (Å²) in [7, 11) is 0. The number of hydrogen-bond donors (Lipinski definition) is 2. The molecule has 0 radical (unpaired) electrons. The summed E-state index contributed by atoms with van der Waals surface area (Å²) in [5, 5.41) is 4.36. The van der Waals surface area contributed by atoms with Gasteiger partial charge in [0.2, 0.25) is 0 Å². The molecular formula is C15H18N2O. The summed E-state index contributed by atoms with van der Waals surface area (Å²) in [6, 6.07) is 4.24. The van der Waals surface area contributed by atoms with Gasteiger partial charge < -0.3 is 10.3 Å². The number of H-pyrrole nitrogens is 1. The maximum absolute atomic E-state index is 12.5. The summed E-state index contributed by atoms with van der Waals surface area (Å²) in [4.78, 5) is 15.7. The van der Waals surface area contributed by atoms with Gasteiger partial charge in [0.25, 0.3) is 0 Å². The molecule has 3 nitrogen and oxygen atoms in total. The van der Waals surface area contributed by atoms with Gasteiger partial charge in [-0.25, -0.2) is 0 Å². The van der Waals surface area contributed by atoms with Crippen molar-refractivity contribution in [1.82, 2.24) is 10.3 Å². The summed E-state index contributed by atoms with van der Waals surface area (Å²) < 4.78 is 0. The van der Waals surface area contributed by atoms with Crippen molar-refractivity contribution in [2.24, 2.45) is 0 Å². The number of benzene rings is 1. The van der Waals surface area contributed by atoms with Crippen molar-refractivity contribution >= 4 is 16.7 Å². The summed E-state index contributed by atoms with van der Waals surface area (Å²) >= 11 is 0. The number of ketones is 1. The van der Waals surface area contributed by atoms with E-state index in [2.05, 4.69) is 36.3 Å². The normalized spacial score (nSPS) is 19.6. The Morgan fingerprint density at radius 3 is 2.89 bits per heavy atom. The molecule has 18 heavy (non-hydrogen) atoms. The molecular weight excluding hydrogens is 224 g/mol. The average molecular weight is 242 g/mol. The van der Waals surface area contributed by atoms with Gasteiger partial charge in [-0.3, -0.25) is 4.79 Å². The fourth-order valence-electron chi connectivity index (χ4n) is 2.95. The molecule has 2 aromatic rings. The van der Waals surface area contributed by atoms with E-state index in [0.717, 1.165) is 35.9 Å². The van der Waals surface area contributed by atoms with E-state index in [9.17, 15) is 4.79 Å². The van der Waals surface area contributed by atoms with E-state index in [-0.39, 0.29) is 11.8 Å². The van der Waals surface area contributed by atoms with E-state index in [1.165, 1.54) is 11.1 Å². The highest BCUT2D eigenvalue weighted by Gasteiger charge is 2.25. The molecule has 2 heterocycles. The molecule has 1 aliphatic heterocycles. The summed E-state index contributed by atoms with van der Waals surface area (Å²) in [6.07, 6.45) is 3.91. The van der Waals surface area contributed by atoms with E-state index in [1.807, 2.05) is 6.20 Å². The molecule has 1 fully saturated rings. The number of nitrogens with one attached hydrogen (secondary N) is 2. The van der Waals surface area contributed by atoms with Gasteiger partial charge in [-0.1, -0.05) is 6.07 Å². The van der Waals surface area contributed by atoms with Crippen LogP contribution in [0.2, 0.25) is 0 Å². The molecule has 1 aromatic carbocycles. The fraction of sp³-hybridized carbons (Fsp3) is 0.400. The second kappa shape index (κ2) is 4.25. The van der Waals surface area contributed by atoms with Crippen LogP contribution in [0.25, 0.3) is 10.9 Å². The smallest absolute Gasteiger partial charge is 0.181 e. The SMILES string of the molecule is Cc1cc(C)c2c(C(=O)C3CCCN3)c[nH]c2c1. The minimum atomic E-state index is 0.00435. The fourth-order valence-corrected chi connectivity index (χ4v) is 2.95. The quantitative estimate of drug-likeness (QED) is 0.795. The van der Waals surface area contributed by atoms with Crippen LogP contribution < -0.4 is 5.32 Å². The van der Waals surface area contributed by atoms with Gasteiger partial charge >= 0.3 is 0 Å². The van der Waals surface area contributed by atoms with E-state index in [4.69, 9.17) is 0 Å². The lowest BCUT2D eigenvalue weighted by molar-refractivity contribution is 0.0954.